The number of aryl methyl sites for hydroxylation is 1. The quantitative estimate of drug-likeness (QED) is 0.871. The van der Waals surface area contributed by atoms with Gasteiger partial charge >= 0.3 is 5.97 Å². The van der Waals surface area contributed by atoms with Gasteiger partial charge in [-0.2, -0.15) is 0 Å². The van der Waals surface area contributed by atoms with Crippen LogP contribution in [0.3, 0.4) is 0 Å². The average molecular weight is 266 g/mol. The Morgan fingerprint density at radius 2 is 2.21 bits per heavy atom. The maximum Gasteiger partial charge on any atom is 0.325 e. The van der Waals surface area contributed by atoms with Crippen LogP contribution < -0.4 is 5.32 Å². The molecule has 1 aromatic rings. The first-order valence-electron chi connectivity index (χ1n) is 6.53. The van der Waals surface area contributed by atoms with Gasteiger partial charge in [0.2, 0.25) is 0 Å². The maximum atomic E-state index is 13.4. The van der Waals surface area contributed by atoms with E-state index >= 15 is 0 Å². The lowest BCUT2D eigenvalue weighted by atomic mass is 9.99. The van der Waals surface area contributed by atoms with Crippen molar-refractivity contribution in [2.75, 3.05) is 26.2 Å². The van der Waals surface area contributed by atoms with Crippen molar-refractivity contribution in [3.05, 3.63) is 35.1 Å². The Hall–Kier alpha value is -1.46. The van der Waals surface area contributed by atoms with E-state index in [9.17, 15) is 14.3 Å². The summed E-state index contributed by atoms with van der Waals surface area (Å²) in [5.41, 5.74) is 1.36. The highest BCUT2D eigenvalue weighted by Crippen LogP contribution is 2.25. The summed E-state index contributed by atoms with van der Waals surface area (Å²) >= 11 is 0. The molecule has 1 aliphatic rings. The zero-order valence-electron chi connectivity index (χ0n) is 11.0. The van der Waals surface area contributed by atoms with E-state index in [-0.39, 0.29) is 5.82 Å². The van der Waals surface area contributed by atoms with E-state index in [2.05, 4.69) is 5.32 Å². The van der Waals surface area contributed by atoms with E-state index in [0.29, 0.717) is 18.7 Å². The van der Waals surface area contributed by atoms with Gasteiger partial charge in [-0.3, -0.25) is 9.69 Å². The standard InChI is InChI=1S/C14H19FN2O2/c1-10-3-4-11(15)9-12(10)13(14(18)19)17-7-2-5-16-6-8-17/h3-4,9,13,16H,2,5-8H2,1H3,(H,18,19). The third kappa shape index (κ3) is 3.30. The normalized spacial score (nSPS) is 18.8. The molecular formula is C14H19FN2O2. The molecule has 0 spiro atoms. The van der Waals surface area contributed by atoms with E-state index in [1.54, 1.807) is 6.07 Å². The largest absolute Gasteiger partial charge is 0.480 e. The molecule has 104 valence electrons. The third-order valence-corrected chi connectivity index (χ3v) is 3.51. The van der Waals surface area contributed by atoms with Crippen molar-refractivity contribution in [2.24, 2.45) is 0 Å². The smallest absolute Gasteiger partial charge is 0.325 e. The van der Waals surface area contributed by atoms with Gasteiger partial charge in [0.05, 0.1) is 0 Å². The number of aliphatic carboxylic acids is 1. The molecule has 0 bridgehead atoms. The van der Waals surface area contributed by atoms with Crippen LogP contribution in [0.5, 0.6) is 0 Å². The molecule has 19 heavy (non-hydrogen) atoms. The fourth-order valence-electron chi connectivity index (χ4n) is 2.52. The van der Waals surface area contributed by atoms with Gasteiger partial charge < -0.3 is 10.4 Å². The Bertz CT molecular complexity index is 457. The molecule has 0 saturated carbocycles. The summed E-state index contributed by atoms with van der Waals surface area (Å²) in [6.07, 6.45) is 0.901. The van der Waals surface area contributed by atoms with Crippen LogP contribution in [0.15, 0.2) is 18.2 Å². The Kier molecular flexibility index (Phi) is 4.50. The predicted molar refractivity (Wildman–Crippen MR) is 70.6 cm³/mol. The molecule has 2 rings (SSSR count). The summed E-state index contributed by atoms with van der Waals surface area (Å²) in [4.78, 5) is 13.5. The van der Waals surface area contributed by atoms with Gasteiger partial charge in [0, 0.05) is 19.6 Å². The molecule has 0 radical (unpaired) electrons. The summed E-state index contributed by atoms with van der Waals surface area (Å²) in [6, 6.07) is 3.57. The molecule has 1 heterocycles. The summed E-state index contributed by atoms with van der Waals surface area (Å²) in [5, 5.41) is 12.7. The lowest BCUT2D eigenvalue weighted by Gasteiger charge is -2.28. The van der Waals surface area contributed by atoms with Crippen LogP contribution in [0.25, 0.3) is 0 Å². The second-order valence-electron chi connectivity index (χ2n) is 4.88. The van der Waals surface area contributed by atoms with Gasteiger partial charge in [0.1, 0.15) is 11.9 Å². The Balaban J connectivity index is 2.33. The lowest BCUT2D eigenvalue weighted by Crippen LogP contribution is -2.37. The molecular weight excluding hydrogens is 247 g/mol. The second-order valence-corrected chi connectivity index (χ2v) is 4.88. The molecule has 1 saturated heterocycles. The van der Waals surface area contributed by atoms with E-state index in [1.807, 2.05) is 11.8 Å². The van der Waals surface area contributed by atoms with E-state index < -0.39 is 12.0 Å². The predicted octanol–water partition coefficient (Wildman–Crippen LogP) is 1.56. The highest BCUT2D eigenvalue weighted by molar-refractivity contribution is 5.76. The van der Waals surface area contributed by atoms with Crippen LogP contribution in [-0.2, 0) is 4.79 Å². The number of carboxylic acid groups (broad SMARTS) is 1. The molecule has 1 atom stereocenters. The topological polar surface area (TPSA) is 52.6 Å². The summed E-state index contributed by atoms with van der Waals surface area (Å²) in [6.45, 7) is 4.84. The van der Waals surface area contributed by atoms with Crippen molar-refractivity contribution in [3.8, 4) is 0 Å². The number of carboxylic acids is 1. The highest BCUT2D eigenvalue weighted by Gasteiger charge is 2.29. The van der Waals surface area contributed by atoms with Crippen LogP contribution in [0.4, 0.5) is 4.39 Å². The molecule has 0 aliphatic carbocycles. The van der Waals surface area contributed by atoms with Crippen LogP contribution in [0.1, 0.15) is 23.6 Å². The zero-order valence-corrected chi connectivity index (χ0v) is 11.0. The molecule has 0 aromatic heterocycles. The first kappa shape index (κ1) is 14.0. The number of rotatable bonds is 3. The second kappa shape index (κ2) is 6.12. The van der Waals surface area contributed by atoms with Gasteiger partial charge in [-0.1, -0.05) is 6.07 Å². The fraction of sp³-hybridized carbons (Fsp3) is 0.500. The summed E-state index contributed by atoms with van der Waals surface area (Å²) < 4.78 is 13.4. The molecule has 4 nitrogen and oxygen atoms in total. The number of hydrogen-bond donors (Lipinski definition) is 2. The molecule has 2 N–H and O–H groups in total. The number of benzene rings is 1. The average Bonchev–Trinajstić information content (AvgIpc) is 2.62. The van der Waals surface area contributed by atoms with Crippen molar-refractivity contribution in [1.29, 1.82) is 0 Å². The molecule has 1 aliphatic heterocycles. The first-order chi connectivity index (χ1) is 9.09. The van der Waals surface area contributed by atoms with Crippen molar-refractivity contribution in [2.45, 2.75) is 19.4 Å². The fourth-order valence-corrected chi connectivity index (χ4v) is 2.52. The van der Waals surface area contributed by atoms with Crippen LogP contribution in [0.2, 0.25) is 0 Å². The number of carbonyl (C=O) groups is 1. The van der Waals surface area contributed by atoms with Gasteiger partial charge in [-0.05, 0) is 43.1 Å². The van der Waals surface area contributed by atoms with Crippen LogP contribution in [0, 0.1) is 12.7 Å². The highest BCUT2D eigenvalue weighted by atomic mass is 19.1. The summed E-state index contributed by atoms with van der Waals surface area (Å²) in [5.74, 6) is -1.31. The minimum Gasteiger partial charge on any atom is -0.480 e. The molecule has 1 unspecified atom stereocenters. The Morgan fingerprint density at radius 1 is 1.42 bits per heavy atom. The Labute approximate surface area is 112 Å². The summed E-state index contributed by atoms with van der Waals surface area (Å²) in [7, 11) is 0. The van der Waals surface area contributed by atoms with Crippen molar-refractivity contribution >= 4 is 5.97 Å². The molecule has 0 amide bonds. The van der Waals surface area contributed by atoms with Crippen molar-refractivity contribution < 1.29 is 14.3 Å². The van der Waals surface area contributed by atoms with Crippen LogP contribution in [-0.4, -0.2) is 42.2 Å². The van der Waals surface area contributed by atoms with E-state index in [1.165, 1.54) is 12.1 Å². The number of halogens is 1. The third-order valence-electron chi connectivity index (χ3n) is 3.51. The van der Waals surface area contributed by atoms with Crippen LogP contribution >= 0.6 is 0 Å². The van der Waals surface area contributed by atoms with Gasteiger partial charge in [0.25, 0.3) is 0 Å². The lowest BCUT2D eigenvalue weighted by molar-refractivity contribution is -0.143. The Morgan fingerprint density at radius 3 is 2.95 bits per heavy atom. The van der Waals surface area contributed by atoms with Crippen molar-refractivity contribution in [3.63, 3.8) is 0 Å². The maximum absolute atomic E-state index is 13.4. The van der Waals surface area contributed by atoms with Crippen molar-refractivity contribution in [1.82, 2.24) is 10.2 Å². The number of hydrogen-bond acceptors (Lipinski definition) is 3. The van der Waals surface area contributed by atoms with E-state index in [0.717, 1.165) is 25.1 Å². The molecule has 5 heteroatoms. The molecule has 1 fully saturated rings. The van der Waals surface area contributed by atoms with Gasteiger partial charge in [0.15, 0.2) is 0 Å². The monoisotopic (exact) mass is 266 g/mol. The SMILES string of the molecule is Cc1ccc(F)cc1C(C(=O)O)N1CCCNCC1. The number of nitrogens with one attached hydrogen (secondary N) is 1. The zero-order chi connectivity index (χ0) is 13.8. The van der Waals surface area contributed by atoms with E-state index in [4.69, 9.17) is 0 Å². The first-order valence-corrected chi connectivity index (χ1v) is 6.53. The minimum atomic E-state index is -0.921. The number of nitrogens with zero attached hydrogens (tertiary/aromatic N) is 1. The molecule has 1 aromatic carbocycles. The minimum absolute atomic E-state index is 0.389. The van der Waals surface area contributed by atoms with Gasteiger partial charge in [-0.25, -0.2) is 4.39 Å². The van der Waals surface area contributed by atoms with Gasteiger partial charge in [-0.15, -0.1) is 0 Å².